The fourth-order valence-electron chi connectivity index (χ4n) is 14.8. The highest BCUT2D eigenvalue weighted by molar-refractivity contribution is 6.34. The molecule has 0 saturated carbocycles. The van der Waals surface area contributed by atoms with E-state index < -0.39 is 283 Å². The van der Waals surface area contributed by atoms with Crippen LogP contribution in [0.3, 0.4) is 0 Å². The normalized spacial score (nSPS) is 25.7. The van der Waals surface area contributed by atoms with Crippen LogP contribution in [0, 0.1) is 5.92 Å². The van der Waals surface area contributed by atoms with E-state index in [4.69, 9.17) is 68.8 Å². The van der Waals surface area contributed by atoms with Gasteiger partial charge in [0, 0.05) is 46.9 Å². The number of anilines is 1. The van der Waals surface area contributed by atoms with Gasteiger partial charge in [-0.25, -0.2) is 0 Å². The van der Waals surface area contributed by atoms with Crippen LogP contribution in [0.25, 0.3) is 11.1 Å². The number of aliphatic hydroxyl groups is 6. The summed E-state index contributed by atoms with van der Waals surface area (Å²) in [6.07, 6.45) is -25.3. The molecular weight excluding hydrogens is 1730 g/mol. The van der Waals surface area contributed by atoms with E-state index in [9.17, 15) is 92.7 Å². The van der Waals surface area contributed by atoms with Gasteiger partial charge in [-0.2, -0.15) is 0 Å². The molecule has 11 bridgehead atoms. The number of carbonyl (C=O) groups is 11. The molecule has 7 heterocycles. The van der Waals surface area contributed by atoms with E-state index in [2.05, 4.69) is 47.3 Å². The van der Waals surface area contributed by atoms with Crippen LogP contribution in [0.1, 0.15) is 121 Å². The first-order chi connectivity index (χ1) is 59.9. The number of amides is 11. The predicted octanol–water partition coefficient (Wildman–Crippen LogP) is 1.38. The van der Waals surface area contributed by atoms with E-state index in [1.807, 2.05) is 5.43 Å². The number of aliphatic hydroxyl groups excluding tert-OH is 6. The maximum absolute atomic E-state index is 16.3. The number of carbonyl (C=O) groups excluding carboxylic acids is 11. The molecule has 7 aromatic carbocycles. The van der Waals surface area contributed by atoms with E-state index in [0.29, 0.717) is 11.6 Å². The molecule has 127 heavy (non-hydrogen) atoms. The number of nitrogens with two attached hydrogens (primary N) is 3. The van der Waals surface area contributed by atoms with Crippen molar-refractivity contribution >= 4 is 93.9 Å². The number of rotatable bonds is 18. The Morgan fingerprint density at radius 3 is 1.93 bits per heavy atom. The molecule has 0 unspecified atom stereocenters. The molecule has 0 radical (unpaired) electrons. The lowest BCUT2D eigenvalue weighted by atomic mass is 9.84. The lowest BCUT2D eigenvalue weighted by Crippen LogP contribution is -2.65. The summed E-state index contributed by atoms with van der Waals surface area (Å²) in [5.41, 5.74) is 16.6. The summed E-state index contributed by atoms with van der Waals surface area (Å²) in [6.45, 7) is 5.40. The molecule has 7 aliphatic heterocycles. The third-order valence-electron chi connectivity index (χ3n) is 21.2. The fraction of sp³-hybridized carbons (Fsp3) is 0.354. The highest BCUT2D eigenvalue weighted by Gasteiger charge is 2.53. The number of aromatic hydroxyl groups is 3. The standard InChI is InChI=1S/C82H86Cl2F3N13O27/c1-31(2)18-46(88)72(113)97-61-63(106)36-11-16-50(44(83)21-36)122-52-23-38-24-53(67(52)126-80-68(66(109)65(108)54(30-101)124-80)125-56-28-81(4,69(110)32(3)121-56)91-29-33-6-5-7-39(19-33)92-71(112)34-8-13-41(14-9-34)127-82(85,86)87)123-51-17-12-37(22-45(51)84)64(107)62-77(118)96-60(78(119)99-100-79(120)70(90)111)43-25-40(102)26-49(104)57(43)42-20-35(10-15-48(42)103)58(74(115)98-62)95-75(116)59(38)94-73(114)47(27-55(89)105)93-76(61)117/h5-17,19-26,31-32,46-47,54,56,58-66,68-69,80,91,101-104,106-110H,18,27-30,88H2,1-4H3,(H2,89,105)(H2,90,111)(H,92,112)(H,93,117)(H,94,114)(H,95,116)(H,96,118)(H,97,113)(H,98,115)(H,99,119)(H,100,120)/t32-,46+,47-,54+,56-,58+,59+,60+,61+,62-,63+,64+,65+,66-,68+,69+,80-,81-/m0/s1. The second kappa shape index (κ2) is 38.6. The Morgan fingerprint density at radius 1 is 0.677 bits per heavy atom. The Labute approximate surface area is 727 Å². The van der Waals surface area contributed by atoms with Crippen LogP contribution in [0.4, 0.5) is 18.9 Å². The Kier molecular flexibility index (Phi) is 28.4. The maximum atomic E-state index is 16.3. The van der Waals surface area contributed by atoms with Gasteiger partial charge in [0.25, 0.3) is 11.8 Å². The maximum Gasteiger partial charge on any atom is 0.573 e. The molecule has 2 saturated heterocycles. The first kappa shape index (κ1) is 93.4. The third kappa shape index (κ3) is 21.5. The van der Waals surface area contributed by atoms with E-state index in [1.165, 1.54) is 13.0 Å². The molecule has 18 atom stereocenters. The van der Waals surface area contributed by atoms with Crippen molar-refractivity contribution in [2.75, 3.05) is 11.9 Å². The van der Waals surface area contributed by atoms with Crippen molar-refractivity contribution in [3.05, 3.63) is 176 Å². The molecular formula is C82H86Cl2F3N13O27. The van der Waals surface area contributed by atoms with Gasteiger partial charge in [-0.05, 0) is 151 Å². The van der Waals surface area contributed by atoms with Crippen molar-refractivity contribution in [1.82, 2.24) is 48.1 Å². The molecule has 7 aromatic rings. The lowest BCUT2D eigenvalue weighted by Gasteiger charge is -2.48. The molecule has 0 spiro atoms. The van der Waals surface area contributed by atoms with Gasteiger partial charge in [-0.15, -0.1) is 13.2 Å². The molecule has 2 fully saturated rings. The fourth-order valence-corrected chi connectivity index (χ4v) is 15.2. The van der Waals surface area contributed by atoms with Gasteiger partial charge >= 0.3 is 18.2 Å². The number of benzene rings is 7. The van der Waals surface area contributed by atoms with Crippen molar-refractivity contribution in [3.8, 4) is 62.9 Å². The molecule has 14 rings (SSSR count). The van der Waals surface area contributed by atoms with Crippen LogP contribution >= 0.6 is 23.2 Å². The summed E-state index contributed by atoms with van der Waals surface area (Å²) >= 11 is 14.3. The van der Waals surface area contributed by atoms with Gasteiger partial charge in [0.1, 0.15) is 101 Å². The third-order valence-corrected chi connectivity index (χ3v) is 21.8. The predicted molar refractivity (Wildman–Crippen MR) is 432 cm³/mol. The first-order valence-electron chi connectivity index (χ1n) is 38.9. The van der Waals surface area contributed by atoms with Crippen molar-refractivity contribution in [3.63, 3.8) is 0 Å². The van der Waals surface area contributed by atoms with Crippen molar-refractivity contribution in [2.45, 2.75) is 169 Å². The van der Waals surface area contributed by atoms with Crippen LogP contribution in [0.2, 0.25) is 10.0 Å². The highest BCUT2D eigenvalue weighted by Crippen LogP contribution is 2.50. The number of phenolic OH excluding ortho intramolecular Hbond substituents is 3. The summed E-state index contributed by atoms with van der Waals surface area (Å²) in [5, 5.41) is 126. The Hall–Kier alpha value is -12.8. The number of phenols is 3. The molecule has 40 nitrogen and oxygen atoms in total. The number of alkyl halides is 3. The summed E-state index contributed by atoms with van der Waals surface area (Å²) in [4.78, 5) is 157. The van der Waals surface area contributed by atoms with Crippen molar-refractivity contribution in [1.29, 1.82) is 0 Å². The van der Waals surface area contributed by atoms with E-state index in [0.717, 1.165) is 97.1 Å². The largest absolute Gasteiger partial charge is 0.573 e. The van der Waals surface area contributed by atoms with Gasteiger partial charge in [0.2, 0.25) is 53.4 Å². The molecule has 11 amide bonds. The second-order valence-electron chi connectivity index (χ2n) is 30.9. The Balaban J connectivity index is 1.01. The number of hydrogen-bond acceptors (Lipinski definition) is 29. The summed E-state index contributed by atoms with van der Waals surface area (Å²) in [6, 6.07) is 8.05. The van der Waals surface area contributed by atoms with Crippen molar-refractivity contribution in [2.24, 2.45) is 23.1 Å². The molecule has 0 aliphatic carbocycles. The van der Waals surface area contributed by atoms with Gasteiger partial charge < -0.3 is 139 Å². The minimum atomic E-state index is -4.98. The summed E-state index contributed by atoms with van der Waals surface area (Å²) in [7, 11) is 0. The van der Waals surface area contributed by atoms with Crippen LogP contribution in [-0.2, 0) is 68.7 Å². The number of primary amides is 2. The van der Waals surface area contributed by atoms with E-state index in [1.54, 1.807) is 44.4 Å². The number of nitrogens with one attached hydrogen (secondary N) is 10. The highest BCUT2D eigenvalue weighted by atomic mass is 35.5. The smallest absolute Gasteiger partial charge is 0.508 e. The van der Waals surface area contributed by atoms with Gasteiger partial charge in [0.15, 0.2) is 23.9 Å². The van der Waals surface area contributed by atoms with Gasteiger partial charge in [-0.1, -0.05) is 67.4 Å². The molecule has 45 heteroatoms. The Morgan fingerprint density at radius 2 is 1.31 bits per heavy atom. The minimum Gasteiger partial charge on any atom is -0.508 e. The topological polar surface area (TPSA) is 633 Å². The quantitative estimate of drug-likeness (QED) is 0.0426. The molecule has 7 aliphatic rings. The van der Waals surface area contributed by atoms with Crippen LogP contribution in [-0.4, -0.2) is 203 Å². The number of halogens is 5. The number of ether oxygens (including phenoxy) is 7. The van der Waals surface area contributed by atoms with Crippen LogP contribution < -0.4 is 89.5 Å². The molecule has 25 N–H and O–H groups in total. The van der Waals surface area contributed by atoms with Gasteiger partial charge in [-0.3, -0.25) is 63.6 Å². The molecule has 676 valence electrons. The monoisotopic (exact) mass is 1810 g/mol. The van der Waals surface area contributed by atoms with E-state index in [-0.39, 0.29) is 47.7 Å². The minimum absolute atomic E-state index is 0.0222. The lowest BCUT2D eigenvalue weighted by molar-refractivity contribution is -0.334. The number of hydrazine groups is 1. The van der Waals surface area contributed by atoms with Crippen LogP contribution in [0.15, 0.2) is 127 Å². The van der Waals surface area contributed by atoms with Gasteiger partial charge in [0.05, 0.1) is 41.3 Å². The summed E-state index contributed by atoms with van der Waals surface area (Å²) in [5.74, 6) is -21.7. The zero-order valence-corrected chi connectivity index (χ0v) is 68.6. The van der Waals surface area contributed by atoms with Crippen molar-refractivity contribution < 1.29 is 145 Å². The molecule has 0 aromatic heterocycles. The number of hydrogen-bond donors (Lipinski definition) is 22. The zero-order valence-electron chi connectivity index (χ0n) is 67.0. The first-order valence-corrected chi connectivity index (χ1v) is 39.6. The number of fused-ring (bicyclic) bond motifs is 15. The average Bonchev–Trinajstić information content (AvgIpc) is 0.763. The average molecular weight is 1810 g/mol. The summed E-state index contributed by atoms with van der Waals surface area (Å²) < 4.78 is 81.8. The van der Waals surface area contributed by atoms with E-state index >= 15 is 19.2 Å². The SMILES string of the molecule is CC(C)C[C@@H](N)C(=O)N[C@H]1C(=O)N[C@@H](CC(N)=O)C(=O)N[C@H]2C(=O)N[C@H]3C(=O)N[C@H](C(=O)N[C@@H](C(=O)NNC(=O)C(N)=O)c4cc(O)cc(O)c4-c4cc3ccc4O)[C@H](O)c3ccc(c(Cl)c3)Oc3cc2cc(c3O[C@@H]2O[C@H](CO)[C@@H](O)[C@H](O)[C@H]2O[C@H]2C[C@](C)(NCc3cccc(NC(=O)c4ccc(OC(F)(F)F)cc4)c3)[C@H](O)[C@H](C)O2)Oc2ccc(cc2Cl)[C@H]1O. The van der Waals surface area contributed by atoms with Crippen LogP contribution in [0.5, 0.6) is 51.7 Å². The zero-order chi connectivity index (χ0) is 92.3. The second-order valence-corrected chi connectivity index (χ2v) is 31.8. The Bertz CT molecular complexity index is 5450.